The second-order valence-electron chi connectivity index (χ2n) is 12.1. The maximum atomic E-state index is 2.42. The molecule has 7 aromatic rings. The summed E-state index contributed by atoms with van der Waals surface area (Å²) in [4.78, 5) is 0. The predicted molar refractivity (Wildman–Crippen MR) is 197 cm³/mol. The molecular weight excluding hydrogens is 585 g/mol. The Bertz CT molecular complexity index is 1830. The summed E-state index contributed by atoms with van der Waals surface area (Å²) >= 11 is 7.95. The van der Waals surface area contributed by atoms with Crippen molar-refractivity contribution in [1.29, 1.82) is 0 Å². The van der Waals surface area contributed by atoms with Gasteiger partial charge in [-0.25, -0.2) is 0 Å². The molecule has 0 saturated heterocycles. The van der Waals surface area contributed by atoms with Crippen LogP contribution in [0.15, 0.2) is 47.2 Å². The molecule has 0 N–H and O–H groups in total. The molecule has 4 heterocycles. The van der Waals surface area contributed by atoms with E-state index in [1.807, 2.05) is 22.7 Å². The molecule has 0 unspecified atom stereocenters. The van der Waals surface area contributed by atoms with Crippen molar-refractivity contribution in [2.45, 2.75) is 104 Å². The number of unbranched alkanes of at least 4 members (excludes halogenated alkanes) is 10. The van der Waals surface area contributed by atoms with Crippen LogP contribution in [0.25, 0.3) is 60.5 Å². The van der Waals surface area contributed by atoms with E-state index in [4.69, 9.17) is 0 Å². The molecule has 0 bridgehead atoms. The molecule has 7 rings (SSSR count). The lowest BCUT2D eigenvalue weighted by Crippen LogP contribution is -1.97. The molecule has 0 amide bonds. The zero-order valence-electron chi connectivity index (χ0n) is 25.2. The van der Waals surface area contributed by atoms with Gasteiger partial charge in [-0.05, 0) is 84.0 Å². The van der Waals surface area contributed by atoms with E-state index in [1.165, 1.54) is 130 Å². The molecule has 0 radical (unpaired) electrons. The summed E-state index contributed by atoms with van der Waals surface area (Å²) < 4.78 is 8.97. The highest BCUT2D eigenvalue weighted by Gasteiger charge is 2.24. The minimum Gasteiger partial charge on any atom is -0.144 e. The highest BCUT2D eigenvalue weighted by Crippen LogP contribution is 2.52. The van der Waals surface area contributed by atoms with Crippen LogP contribution < -0.4 is 0 Å². The summed E-state index contributed by atoms with van der Waals surface area (Å²) in [6.45, 7) is 4.64. The van der Waals surface area contributed by atoms with Crippen molar-refractivity contribution in [2.24, 2.45) is 0 Å². The van der Waals surface area contributed by atoms with Crippen molar-refractivity contribution < 1.29 is 0 Å². The largest absolute Gasteiger partial charge is 0.144 e. The van der Waals surface area contributed by atoms with Crippen LogP contribution in [0.5, 0.6) is 0 Å². The number of aryl methyl sites for hydroxylation is 2. The lowest BCUT2D eigenvalue weighted by atomic mass is 9.91. The van der Waals surface area contributed by atoms with Gasteiger partial charge in [-0.3, -0.25) is 0 Å². The summed E-state index contributed by atoms with van der Waals surface area (Å²) in [7, 11) is 0. The Kier molecular flexibility index (Phi) is 8.86. The Labute approximate surface area is 266 Å². The number of rotatable bonds is 14. The van der Waals surface area contributed by atoms with Crippen molar-refractivity contribution in [2.75, 3.05) is 0 Å². The average Bonchev–Trinajstić information content (AvgIpc) is 3.79. The minimum atomic E-state index is 1.23. The minimum absolute atomic E-state index is 1.23. The van der Waals surface area contributed by atoms with Crippen molar-refractivity contribution >= 4 is 106 Å². The fourth-order valence-corrected chi connectivity index (χ4v) is 11.4. The monoisotopic (exact) mass is 626 g/mol. The summed E-state index contributed by atoms with van der Waals surface area (Å²) in [6.07, 6.45) is 18.8. The summed E-state index contributed by atoms with van der Waals surface area (Å²) in [5.41, 5.74) is 3.39. The fraction of sp³-hybridized carbons (Fsp3) is 0.421. The number of fused-ring (bicyclic) bond motifs is 11. The third kappa shape index (κ3) is 5.21. The van der Waals surface area contributed by atoms with Crippen LogP contribution in [0.2, 0.25) is 0 Å². The highest BCUT2D eigenvalue weighted by atomic mass is 32.1. The van der Waals surface area contributed by atoms with Crippen LogP contribution in [0.3, 0.4) is 0 Å². The van der Waals surface area contributed by atoms with E-state index in [0.717, 1.165) is 0 Å². The zero-order chi connectivity index (χ0) is 28.5. The SMILES string of the molecule is CCCCCCCCc1c(CCCCCCCC)c2sc3ccc4sccc4c3c2c2c1sc1ccc3sccc3c12. The van der Waals surface area contributed by atoms with E-state index in [1.54, 1.807) is 31.3 Å². The van der Waals surface area contributed by atoms with Crippen LogP contribution in [-0.2, 0) is 12.8 Å². The zero-order valence-corrected chi connectivity index (χ0v) is 28.4. The Hall–Kier alpha value is -1.98. The van der Waals surface area contributed by atoms with Crippen LogP contribution in [-0.4, -0.2) is 0 Å². The first-order valence-electron chi connectivity index (χ1n) is 16.4. The molecule has 0 nitrogen and oxygen atoms in total. The summed E-state index contributed by atoms with van der Waals surface area (Å²) in [6, 6.07) is 14.3. The highest BCUT2D eigenvalue weighted by molar-refractivity contribution is 7.29. The van der Waals surface area contributed by atoms with Crippen molar-refractivity contribution in [3.8, 4) is 0 Å². The number of benzene rings is 3. The topological polar surface area (TPSA) is 0 Å². The summed E-state index contributed by atoms with van der Waals surface area (Å²) in [5, 5.41) is 13.6. The second kappa shape index (κ2) is 12.9. The second-order valence-corrected chi connectivity index (χ2v) is 16.1. The maximum Gasteiger partial charge on any atom is 0.0397 e. The first-order chi connectivity index (χ1) is 20.8. The number of hydrogen-bond donors (Lipinski definition) is 0. The smallest absolute Gasteiger partial charge is 0.0397 e. The van der Waals surface area contributed by atoms with Gasteiger partial charge >= 0.3 is 0 Å². The van der Waals surface area contributed by atoms with Crippen LogP contribution in [0, 0.1) is 0 Å². The maximum absolute atomic E-state index is 2.42. The molecule has 0 spiro atoms. The lowest BCUT2D eigenvalue weighted by Gasteiger charge is -2.14. The van der Waals surface area contributed by atoms with E-state index in [-0.39, 0.29) is 0 Å². The van der Waals surface area contributed by atoms with E-state index >= 15 is 0 Å². The van der Waals surface area contributed by atoms with Gasteiger partial charge in [-0.1, -0.05) is 78.1 Å². The molecule has 3 aromatic carbocycles. The molecule has 42 heavy (non-hydrogen) atoms. The molecular formula is C38H42S4. The average molecular weight is 627 g/mol. The molecule has 4 aromatic heterocycles. The first-order valence-corrected chi connectivity index (χ1v) is 19.8. The fourth-order valence-electron chi connectivity index (χ4n) is 7.15. The van der Waals surface area contributed by atoms with Gasteiger partial charge in [-0.15, -0.1) is 45.3 Å². The normalized spacial score (nSPS) is 12.4. The van der Waals surface area contributed by atoms with E-state index in [2.05, 4.69) is 83.7 Å². The van der Waals surface area contributed by atoms with Gasteiger partial charge in [0.1, 0.15) is 0 Å². The van der Waals surface area contributed by atoms with Crippen LogP contribution in [0.4, 0.5) is 0 Å². The van der Waals surface area contributed by atoms with Gasteiger partial charge in [-0.2, -0.15) is 0 Å². The van der Waals surface area contributed by atoms with Gasteiger partial charge in [0, 0.05) is 60.5 Å². The molecule has 0 atom stereocenters. The molecule has 218 valence electrons. The van der Waals surface area contributed by atoms with Gasteiger partial charge in [0.25, 0.3) is 0 Å². The van der Waals surface area contributed by atoms with Gasteiger partial charge in [0.15, 0.2) is 0 Å². The first kappa shape index (κ1) is 28.8. The molecule has 4 heteroatoms. The van der Waals surface area contributed by atoms with Gasteiger partial charge in [0.2, 0.25) is 0 Å². The van der Waals surface area contributed by atoms with E-state index in [9.17, 15) is 0 Å². The Balaban J connectivity index is 1.46. The van der Waals surface area contributed by atoms with Gasteiger partial charge < -0.3 is 0 Å². The van der Waals surface area contributed by atoms with E-state index < -0.39 is 0 Å². The Morgan fingerprint density at radius 3 is 1.29 bits per heavy atom. The van der Waals surface area contributed by atoms with E-state index in [0.29, 0.717) is 0 Å². The Morgan fingerprint density at radius 1 is 0.429 bits per heavy atom. The van der Waals surface area contributed by atoms with Crippen molar-refractivity contribution in [3.63, 3.8) is 0 Å². The molecule has 0 aliphatic carbocycles. The van der Waals surface area contributed by atoms with Crippen molar-refractivity contribution in [1.82, 2.24) is 0 Å². The lowest BCUT2D eigenvalue weighted by molar-refractivity contribution is 0.601. The molecule has 0 saturated carbocycles. The van der Waals surface area contributed by atoms with Gasteiger partial charge in [0.05, 0.1) is 0 Å². The number of thiophene rings is 4. The standard InChI is InChI=1S/C38H42S4/c1-3-5-7-9-11-13-15-25-26(16-14-12-10-8-6-4-2)38-36(34-28-22-24-40-30(28)18-20-32(34)42-38)35-33-27-21-23-39-29(27)17-19-31(33)41-37(25)35/h17-24H,3-16H2,1-2H3. The number of hydrogen-bond acceptors (Lipinski definition) is 4. The molecule has 0 aliphatic rings. The summed E-state index contributed by atoms with van der Waals surface area (Å²) in [5.74, 6) is 0. The van der Waals surface area contributed by atoms with Crippen molar-refractivity contribution in [3.05, 3.63) is 58.3 Å². The molecule has 0 aliphatic heterocycles. The van der Waals surface area contributed by atoms with Crippen LogP contribution >= 0.6 is 45.3 Å². The van der Waals surface area contributed by atoms with Crippen LogP contribution in [0.1, 0.15) is 102 Å². The molecule has 0 fully saturated rings. The third-order valence-electron chi connectivity index (χ3n) is 9.30. The predicted octanol–water partition coefficient (Wildman–Crippen LogP) is 14.7. The quantitative estimate of drug-likeness (QED) is 0.105. The third-order valence-corrected chi connectivity index (χ3v) is 13.5. The Morgan fingerprint density at radius 2 is 0.833 bits per heavy atom.